The van der Waals surface area contributed by atoms with E-state index in [4.69, 9.17) is 21.7 Å². The van der Waals surface area contributed by atoms with Crippen LogP contribution in [0.5, 0.6) is 11.5 Å². The summed E-state index contributed by atoms with van der Waals surface area (Å²) >= 11 is 6.87. The predicted octanol–water partition coefficient (Wildman–Crippen LogP) is 3.91. The second kappa shape index (κ2) is 8.72. The van der Waals surface area contributed by atoms with E-state index in [9.17, 15) is 4.79 Å². The maximum atomic E-state index is 12.6. The van der Waals surface area contributed by atoms with Gasteiger partial charge in [-0.05, 0) is 37.8 Å². The summed E-state index contributed by atoms with van der Waals surface area (Å²) in [4.78, 5) is 14.4. The molecule has 2 rings (SSSR count). The van der Waals surface area contributed by atoms with E-state index in [1.165, 1.54) is 11.8 Å². The Morgan fingerprint density at radius 2 is 1.96 bits per heavy atom. The van der Waals surface area contributed by atoms with E-state index in [0.717, 1.165) is 17.1 Å². The molecule has 1 fully saturated rings. The van der Waals surface area contributed by atoms with E-state index in [2.05, 4.69) is 13.8 Å². The molecule has 0 unspecified atom stereocenters. The summed E-state index contributed by atoms with van der Waals surface area (Å²) in [6.07, 6.45) is 0.611. The minimum Gasteiger partial charge on any atom is -0.494 e. The van der Waals surface area contributed by atoms with Crippen molar-refractivity contribution in [3.63, 3.8) is 0 Å². The second-order valence-electron chi connectivity index (χ2n) is 6.05. The zero-order valence-electron chi connectivity index (χ0n) is 14.7. The maximum absolute atomic E-state index is 12.6. The van der Waals surface area contributed by atoms with Crippen molar-refractivity contribution >= 4 is 34.2 Å². The lowest BCUT2D eigenvalue weighted by molar-refractivity contribution is -0.126. The number of amides is 1. The van der Waals surface area contributed by atoms with Crippen molar-refractivity contribution in [2.45, 2.75) is 39.4 Å². The molecule has 1 heterocycles. The monoisotopic (exact) mass is 367 g/mol. The van der Waals surface area contributed by atoms with Crippen molar-refractivity contribution in [2.24, 2.45) is 5.92 Å². The van der Waals surface area contributed by atoms with E-state index in [0.29, 0.717) is 36.4 Å². The van der Waals surface area contributed by atoms with Gasteiger partial charge >= 0.3 is 0 Å². The first-order valence-electron chi connectivity index (χ1n) is 8.36. The molecule has 1 aliphatic rings. The lowest BCUT2D eigenvalue weighted by atomic mass is 10.1. The molecule has 1 amide bonds. The quantitative estimate of drug-likeness (QED) is 0.651. The van der Waals surface area contributed by atoms with Crippen molar-refractivity contribution in [1.82, 2.24) is 4.90 Å². The highest BCUT2D eigenvalue weighted by Crippen LogP contribution is 2.34. The van der Waals surface area contributed by atoms with Gasteiger partial charge in [-0.15, -0.1) is 0 Å². The Kier molecular flexibility index (Phi) is 6.92. The van der Waals surface area contributed by atoms with Gasteiger partial charge < -0.3 is 9.47 Å². The fourth-order valence-corrected chi connectivity index (χ4v) is 4.15. The Morgan fingerprint density at radius 3 is 2.58 bits per heavy atom. The average Bonchev–Trinajstić information content (AvgIpc) is 2.77. The summed E-state index contributed by atoms with van der Waals surface area (Å²) < 4.78 is 12.0. The Bertz CT molecular complexity index is 604. The van der Waals surface area contributed by atoms with E-state index in [1.807, 2.05) is 32.0 Å². The Hall–Kier alpha value is -1.27. The minimum atomic E-state index is -0.173. The van der Waals surface area contributed by atoms with Gasteiger partial charge in [-0.2, -0.15) is 0 Å². The fourth-order valence-electron chi connectivity index (χ4n) is 2.61. The van der Waals surface area contributed by atoms with Crippen LogP contribution in [-0.4, -0.2) is 40.1 Å². The number of nitrogens with zero attached hydrogens (tertiary/aromatic N) is 1. The van der Waals surface area contributed by atoms with Crippen LogP contribution in [0.2, 0.25) is 0 Å². The van der Waals surface area contributed by atoms with E-state index < -0.39 is 0 Å². The number of hydrogen-bond donors (Lipinski definition) is 0. The molecule has 1 aliphatic heterocycles. The summed E-state index contributed by atoms with van der Waals surface area (Å²) in [5.41, 5.74) is 1.01. The van der Waals surface area contributed by atoms with E-state index in [-0.39, 0.29) is 11.2 Å². The minimum absolute atomic E-state index is 0.107. The summed E-state index contributed by atoms with van der Waals surface area (Å²) in [5.74, 6) is 2.07. The fraction of sp³-hybridized carbons (Fsp3) is 0.556. The molecule has 1 aromatic carbocycles. The molecule has 1 aromatic rings. The van der Waals surface area contributed by atoms with Gasteiger partial charge in [0.2, 0.25) is 5.91 Å². The van der Waals surface area contributed by atoms with Crippen LogP contribution in [0.4, 0.5) is 0 Å². The van der Waals surface area contributed by atoms with Crippen molar-refractivity contribution in [3.8, 4) is 11.5 Å². The third-order valence-corrected chi connectivity index (χ3v) is 5.19. The van der Waals surface area contributed by atoms with Crippen LogP contribution in [0, 0.1) is 5.92 Å². The maximum Gasteiger partial charge on any atom is 0.241 e. The van der Waals surface area contributed by atoms with Gasteiger partial charge in [0.05, 0.1) is 18.5 Å². The molecule has 6 heteroatoms. The van der Waals surface area contributed by atoms with Crippen LogP contribution in [0.3, 0.4) is 0 Å². The van der Waals surface area contributed by atoms with Gasteiger partial charge in [0.25, 0.3) is 0 Å². The summed E-state index contributed by atoms with van der Waals surface area (Å²) in [5, 5.41) is -0.173. The summed E-state index contributed by atoms with van der Waals surface area (Å²) in [6, 6.07) is 5.81. The smallest absolute Gasteiger partial charge is 0.241 e. The molecule has 0 spiro atoms. The highest BCUT2D eigenvalue weighted by Gasteiger charge is 2.37. The van der Waals surface area contributed by atoms with Crippen LogP contribution < -0.4 is 9.47 Å². The van der Waals surface area contributed by atoms with Crippen molar-refractivity contribution in [2.75, 3.05) is 19.8 Å². The number of benzene rings is 1. The highest BCUT2D eigenvalue weighted by molar-refractivity contribution is 8.24. The van der Waals surface area contributed by atoms with Crippen LogP contribution in [0.15, 0.2) is 18.2 Å². The number of ether oxygens (including phenoxy) is 2. The van der Waals surface area contributed by atoms with Crippen LogP contribution >= 0.6 is 24.0 Å². The Labute approximate surface area is 153 Å². The van der Waals surface area contributed by atoms with Gasteiger partial charge in [-0.1, -0.05) is 43.9 Å². The zero-order chi connectivity index (χ0) is 17.7. The third kappa shape index (κ3) is 4.63. The predicted molar refractivity (Wildman–Crippen MR) is 103 cm³/mol. The number of thioether (sulfide) groups is 1. The first kappa shape index (κ1) is 19.1. The van der Waals surface area contributed by atoms with Crippen molar-refractivity contribution in [1.29, 1.82) is 0 Å². The molecule has 0 aliphatic carbocycles. The van der Waals surface area contributed by atoms with Crippen molar-refractivity contribution < 1.29 is 14.3 Å². The van der Waals surface area contributed by atoms with Crippen LogP contribution in [-0.2, 0) is 11.2 Å². The van der Waals surface area contributed by atoms with Gasteiger partial charge in [-0.3, -0.25) is 9.69 Å². The third-order valence-electron chi connectivity index (χ3n) is 3.61. The number of carbonyl (C=O) groups excluding carboxylic acids is 1. The van der Waals surface area contributed by atoms with Crippen LogP contribution in [0.25, 0.3) is 0 Å². The zero-order valence-corrected chi connectivity index (χ0v) is 16.3. The standard InChI is InChI=1S/C18H25NO3S2/c1-5-21-14-8-7-13(15(10-14)22-6-2)9-16-17(20)19(11-12(3)4)18(23)24-16/h7-8,10,12,16H,5-6,9,11H2,1-4H3/t16-/m1/s1. The molecular formula is C18H25NO3S2. The van der Waals surface area contributed by atoms with E-state index >= 15 is 0 Å². The number of thiocarbonyl (C=S) groups is 1. The first-order valence-corrected chi connectivity index (χ1v) is 9.65. The molecule has 4 nitrogen and oxygen atoms in total. The van der Waals surface area contributed by atoms with Crippen molar-refractivity contribution in [3.05, 3.63) is 23.8 Å². The summed E-state index contributed by atoms with van der Waals surface area (Å²) in [7, 11) is 0. The normalized spacial score (nSPS) is 17.7. The number of carbonyl (C=O) groups is 1. The average molecular weight is 368 g/mol. The molecule has 0 aromatic heterocycles. The Balaban J connectivity index is 2.15. The first-order chi connectivity index (χ1) is 11.5. The van der Waals surface area contributed by atoms with Gasteiger partial charge in [0.15, 0.2) is 0 Å². The molecule has 24 heavy (non-hydrogen) atoms. The molecule has 0 N–H and O–H groups in total. The topological polar surface area (TPSA) is 38.8 Å². The van der Waals surface area contributed by atoms with Crippen LogP contribution in [0.1, 0.15) is 33.3 Å². The molecule has 0 radical (unpaired) electrons. The lowest BCUT2D eigenvalue weighted by Crippen LogP contribution is -2.34. The van der Waals surface area contributed by atoms with E-state index in [1.54, 1.807) is 4.90 Å². The highest BCUT2D eigenvalue weighted by atomic mass is 32.2. The van der Waals surface area contributed by atoms with Gasteiger partial charge in [0, 0.05) is 12.6 Å². The molecule has 0 bridgehead atoms. The molecule has 132 valence electrons. The lowest BCUT2D eigenvalue weighted by Gasteiger charge is -2.18. The largest absolute Gasteiger partial charge is 0.494 e. The molecular weight excluding hydrogens is 342 g/mol. The number of rotatable bonds is 8. The SMILES string of the molecule is CCOc1ccc(C[C@H]2SC(=S)N(CC(C)C)C2=O)c(OCC)c1. The van der Waals surface area contributed by atoms with Gasteiger partial charge in [-0.25, -0.2) is 0 Å². The molecule has 1 saturated heterocycles. The molecule has 1 atom stereocenters. The second-order valence-corrected chi connectivity index (χ2v) is 7.89. The Morgan fingerprint density at radius 1 is 1.25 bits per heavy atom. The molecule has 0 saturated carbocycles. The van der Waals surface area contributed by atoms with Gasteiger partial charge in [0.1, 0.15) is 15.8 Å². The number of hydrogen-bond acceptors (Lipinski definition) is 5. The summed E-state index contributed by atoms with van der Waals surface area (Å²) in [6.45, 7) is 9.95.